The van der Waals surface area contributed by atoms with E-state index in [1.807, 2.05) is 0 Å². The molecule has 0 aromatic carbocycles. The number of likely N-dealkylation sites (tertiary alicyclic amines) is 1. The summed E-state index contributed by atoms with van der Waals surface area (Å²) in [5.74, 6) is 1.77. The molecular formula is C17H32N2O. The Balaban J connectivity index is 1.87. The molecule has 2 rings (SSSR count). The van der Waals surface area contributed by atoms with Crippen molar-refractivity contribution in [3.63, 3.8) is 0 Å². The van der Waals surface area contributed by atoms with Crippen LogP contribution in [0.1, 0.15) is 59.8 Å². The van der Waals surface area contributed by atoms with Gasteiger partial charge in [0.1, 0.15) is 0 Å². The lowest BCUT2D eigenvalue weighted by atomic mass is 9.79. The van der Waals surface area contributed by atoms with Crippen LogP contribution in [0.15, 0.2) is 0 Å². The number of piperidine rings is 1. The molecule has 0 aromatic rings. The molecule has 2 atom stereocenters. The van der Waals surface area contributed by atoms with Gasteiger partial charge in [0.25, 0.3) is 0 Å². The first-order valence-corrected chi connectivity index (χ1v) is 8.32. The largest absolute Gasteiger partial charge is 0.341 e. The van der Waals surface area contributed by atoms with Crippen molar-refractivity contribution in [2.24, 2.45) is 17.3 Å². The van der Waals surface area contributed by atoms with Crippen molar-refractivity contribution < 1.29 is 4.79 Å². The fourth-order valence-electron chi connectivity index (χ4n) is 3.65. The zero-order valence-electron chi connectivity index (χ0n) is 13.7. The number of carbonyl (C=O) groups excluding carboxylic acids is 1. The Morgan fingerprint density at radius 3 is 2.40 bits per heavy atom. The zero-order chi connectivity index (χ0) is 14.8. The van der Waals surface area contributed by atoms with Gasteiger partial charge in [0.15, 0.2) is 0 Å². The highest BCUT2D eigenvalue weighted by molar-refractivity contribution is 5.73. The number of amides is 1. The Kier molecular flexibility index (Phi) is 5.11. The Bertz CT molecular complexity index is 330. The summed E-state index contributed by atoms with van der Waals surface area (Å²) in [6.45, 7) is 11.6. The second kappa shape index (κ2) is 6.46. The molecule has 0 radical (unpaired) electrons. The second-order valence-corrected chi connectivity index (χ2v) is 8.19. The molecule has 0 spiro atoms. The minimum absolute atomic E-state index is 0.235. The van der Waals surface area contributed by atoms with Crippen LogP contribution < -0.4 is 5.32 Å². The van der Waals surface area contributed by atoms with Crippen molar-refractivity contribution in [1.82, 2.24) is 10.2 Å². The van der Waals surface area contributed by atoms with Gasteiger partial charge in [-0.25, -0.2) is 0 Å². The lowest BCUT2D eigenvalue weighted by molar-refractivity contribution is -0.131. The Morgan fingerprint density at radius 1 is 1.20 bits per heavy atom. The van der Waals surface area contributed by atoms with E-state index < -0.39 is 0 Å². The summed E-state index contributed by atoms with van der Waals surface area (Å²) >= 11 is 0. The van der Waals surface area contributed by atoms with Gasteiger partial charge in [-0.05, 0) is 49.5 Å². The molecular weight excluding hydrogens is 248 g/mol. The van der Waals surface area contributed by atoms with Gasteiger partial charge in [-0.1, -0.05) is 27.2 Å². The van der Waals surface area contributed by atoms with Gasteiger partial charge in [-0.15, -0.1) is 0 Å². The lowest BCUT2D eigenvalue weighted by Gasteiger charge is -2.41. The molecule has 0 bridgehead atoms. The normalized spacial score (nSPS) is 28.3. The fourth-order valence-corrected chi connectivity index (χ4v) is 3.65. The molecule has 116 valence electrons. The van der Waals surface area contributed by atoms with E-state index in [-0.39, 0.29) is 5.91 Å². The first kappa shape index (κ1) is 15.8. The predicted octanol–water partition coefficient (Wildman–Crippen LogP) is 3.05. The first-order valence-electron chi connectivity index (χ1n) is 8.32. The van der Waals surface area contributed by atoms with Crippen LogP contribution in [0, 0.1) is 17.3 Å². The molecule has 1 aliphatic carbocycles. The van der Waals surface area contributed by atoms with Crippen molar-refractivity contribution in [3.05, 3.63) is 0 Å². The Hall–Kier alpha value is -0.570. The number of carbonyl (C=O) groups is 1. The highest BCUT2D eigenvalue weighted by atomic mass is 16.2. The average Bonchev–Trinajstić information content (AvgIpc) is 2.24. The number of rotatable bonds is 4. The zero-order valence-corrected chi connectivity index (χ0v) is 13.7. The van der Waals surface area contributed by atoms with E-state index in [9.17, 15) is 4.79 Å². The number of nitrogens with one attached hydrogen (secondary N) is 1. The van der Waals surface area contributed by atoms with Crippen LogP contribution in [0.2, 0.25) is 0 Å². The maximum absolute atomic E-state index is 11.8. The third-order valence-corrected chi connectivity index (χ3v) is 4.80. The van der Waals surface area contributed by atoms with Crippen LogP contribution in [0.25, 0.3) is 0 Å². The minimum Gasteiger partial charge on any atom is -0.341 e. The smallest absolute Gasteiger partial charge is 0.219 e. The van der Waals surface area contributed by atoms with E-state index in [0.717, 1.165) is 25.6 Å². The molecule has 1 N–H and O–H groups in total. The SMILES string of the molecule is CC(=O)N1CC(CC(C)(C)C)CC(NCC2CCC2)C1. The van der Waals surface area contributed by atoms with Crippen LogP contribution in [0.4, 0.5) is 0 Å². The molecule has 0 aromatic heterocycles. The van der Waals surface area contributed by atoms with Crippen molar-refractivity contribution in [1.29, 1.82) is 0 Å². The summed E-state index contributed by atoms with van der Waals surface area (Å²) < 4.78 is 0. The third kappa shape index (κ3) is 4.76. The molecule has 2 fully saturated rings. The van der Waals surface area contributed by atoms with E-state index >= 15 is 0 Å². The van der Waals surface area contributed by atoms with Crippen molar-refractivity contribution in [2.75, 3.05) is 19.6 Å². The quantitative estimate of drug-likeness (QED) is 0.858. The van der Waals surface area contributed by atoms with Gasteiger partial charge >= 0.3 is 0 Å². The summed E-state index contributed by atoms with van der Waals surface area (Å²) in [6.07, 6.45) is 6.62. The van der Waals surface area contributed by atoms with Gasteiger partial charge in [0.2, 0.25) is 5.91 Å². The number of nitrogens with zero attached hydrogens (tertiary/aromatic N) is 1. The van der Waals surface area contributed by atoms with Crippen molar-refractivity contribution in [2.45, 2.75) is 65.8 Å². The maximum Gasteiger partial charge on any atom is 0.219 e. The molecule has 1 saturated heterocycles. The average molecular weight is 280 g/mol. The van der Waals surface area contributed by atoms with Gasteiger partial charge in [-0.2, -0.15) is 0 Å². The summed E-state index contributed by atoms with van der Waals surface area (Å²) in [5, 5.41) is 3.73. The third-order valence-electron chi connectivity index (χ3n) is 4.80. The van der Waals surface area contributed by atoms with Crippen molar-refractivity contribution >= 4 is 5.91 Å². The van der Waals surface area contributed by atoms with Crippen LogP contribution in [0.5, 0.6) is 0 Å². The van der Waals surface area contributed by atoms with Crippen LogP contribution in [0.3, 0.4) is 0 Å². The van der Waals surface area contributed by atoms with E-state index in [1.165, 1.54) is 32.1 Å². The molecule has 2 aliphatic rings. The number of hydrogen-bond acceptors (Lipinski definition) is 2. The Morgan fingerprint density at radius 2 is 1.90 bits per heavy atom. The van der Waals surface area contributed by atoms with Gasteiger partial charge in [-0.3, -0.25) is 4.79 Å². The molecule has 2 unspecified atom stereocenters. The van der Waals surface area contributed by atoms with E-state index in [2.05, 4.69) is 31.0 Å². The summed E-state index contributed by atoms with van der Waals surface area (Å²) in [5.41, 5.74) is 0.350. The highest BCUT2D eigenvalue weighted by Crippen LogP contribution is 2.31. The van der Waals surface area contributed by atoms with Gasteiger partial charge in [0.05, 0.1) is 0 Å². The fraction of sp³-hybridized carbons (Fsp3) is 0.941. The molecule has 1 heterocycles. The molecule has 3 nitrogen and oxygen atoms in total. The van der Waals surface area contributed by atoms with E-state index in [1.54, 1.807) is 6.92 Å². The Labute approximate surface area is 124 Å². The molecule has 1 saturated carbocycles. The second-order valence-electron chi connectivity index (χ2n) is 8.19. The maximum atomic E-state index is 11.8. The van der Waals surface area contributed by atoms with Crippen molar-refractivity contribution in [3.8, 4) is 0 Å². The lowest BCUT2D eigenvalue weighted by Crippen LogP contribution is -2.52. The van der Waals surface area contributed by atoms with Crippen LogP contribution >= 0.6 is 0 Å². The monoisotopic (exact) mass is 280 g/mol. The predicted molar refractivity (Wildman–Crippen MR) is 83.6 cm³/mol. The minimum atomic E-state index is 0.235. The standard InChI is InChI=1S/C17H32N2O/c1-13(20)19-11-15(9-17(2,3)4)8-16(12-19)18-10-14-6-5-7-14/h14-16,18H,5-12H2,1-4H3. The first-order chi connectivity index (χ1) is 9.33. The van der Waals surface area contributed by atoms with Gasteiger partial charge < -0.3 is 10.2 Å². The molecule has 1 aliphatic heterocycles. The van der Waals surface area contributed by atoms with E-state index in [4.69, 9.17) is 0 Å². The number of hydrogen-bond donors (Lipinski definition) is 1. The van der Waals surface area contributed by atoms with Gasteiger partial charge in [0, 0.05) is 26.1 Å². The summed E-state index contributed by atoms with van der Waals surface area (Å²) in [6, 6.07) is 0.501. The summed E-state index contributed by atoms with van der Waals surface area (Å²) in [4.78, 5) is 13.8. The molecule has 3 heteroatoms. The van der Waals surface area contributed by atoms with Crippen LogP contribution in [-0.4, -0.2) is 36.5 Å². The molecule has 1 amide bonds. The topological polar surface area (TPSA) is 32.3 Å². The van der Waals surface area contributed by atoms with E-state index in [0.29, 0.717) is 17.4 Å². The summed E-state index contributed by atoms with van der Waals surface area (Å²) in [7, 11) is 0. The molecule has 20 heavy (non-hydrogen) atoms. The highest BCUT2D eigenvalue weighted by Gasteiger charge is 2.31. The van der Waals surface area contributed by atoms with Crippen LogP contribution in [-0.2, 0) is 4.79 Å².